The van der Waals surface area contributed by atoms with Gasteiger partial charge in [0.2, 0.25) is 11.8 Å². The third kappa shape index (κ3) is 3.74. The molecule has 6 heteroatoms. The molecule has 1 aromatic rings. The van der Waals surface area contributed by atoms with Crippen molar-refractivity contribution in [3.8, 4) is 0 Å². The number of fused-ring (bicyclic) bond motifs is 1. The lowest BCUT2D eigenvalue weighted by Crippen LogP contribution is -2.37. The zero-order chi connectivity index (χ0) is 13.9. The number of benzene rings is 1. The molecule has 3 rings (SSSR count). The molecule has 3 N–H and O–H groups in total. The van der Waals surface area contributed by atoms with Crippen LogP contribution in [0.5, 0.6) is 0 Å². The molecule has 114 valence electrons. The van der Waals surface area contributed by atoms with Crippen molar-refractivity contribution in [2.45, 2.75) is 25.7 Å². The number of halogens is 1. The van der Waals surface area contributed by atoms with Gasteiger partial charge in [-0.15, -0.1) is 12.4 Å². The van der Waals surface area contributed by atoms with Gasteiger partial charge in [0.05, 0.1) is 5.92 Å². The summed E-state index contributed by atoms with van der Waals surface area (Å²) in [4.78, 5) is 23.6. The molecule has 1 saturated heterocycles. The molecule has 21 heavy (non-hydrogen) atoms. The van der Waals surface area contributed by atoms with Gasteiger partial charge < -0.3 is 16.0 Å². The summed E-state index contributed by atoms with van der Waals surface area (Å²) in [5, 5.41) is 9.04. The fourth-order valence-corrected chi connectivity index (χ4v) is 2.77. The van der Waals surface area contributed by atoms with Crippen LogP contribution in [0.1, 0.15) is 24.8 Å². The van der Waals surface area contributed by atoms with E-state index in [-0.39, 0.29) is 30.1 Å². The minimum absolute atomic E-state index is 0. The fraction of sp³-hybridized carbons (Fsp3) is 0.467. The lowest BCUT2D eigenvalue weighted by molar-refractivity contribution is -0.120. The van der Waals surface area contributed by atoms with Crippen LogP contribution in [0.3, 0.4) is 0 Å². The second-order valence-electron chi connectivity index (χ2n) is 5.45. The highest BCUT2D eigenvalue weighted by Crippen LogP contribution is 2.26. The number of rotatable bonds is 2. The average molecular weight is 310 g/mol. The minimum Gasteiger partial charge on any atom is -0.326 e. The van der Waals surface area contributed by atoms with E-state index in [4.69, 9.17) is 0 Å². The smallest absolute Gasteiger partial charge is 0.228 e. The van der Waals surface area contributed by atoms with Gasteiger partial charge in [0.1, 0.15) is 0 Å². The SMILES string of the molecule is Cl.O=C1CCc2ccc(NC(=O)C3CCCNC3)cc2N1. The van der Waals surface area contributed by atoms with E-state index in [1.807, 2.05) is 18.2 Å². The Bertz CT molecular complexity index is 542. The molecular weight excluding hydrogens is 290 g/mol. The summed E-state index contributed by atoms with van der Waals surface area (Å²) in [5.74, 6) is 0.131. The Morgan fingerprint density at radius 3 is 2.90 bits per heavy atom. The Hall–Kier alpha value is -1.59. The largest absolute Gasteiger partial charge is 0.326 e. The molecular formula is C15H20ClN3O2. The first-order chi connectivity index (χ1) is 9.72. The lowest BCUT2D eigenvalue weighted by Gasteiger charge is -2.22. The van der Waals surface area contributed by atoms with Crippen molar-refractivity contribution >= 4 is 35.6 Å². The van der Waals surface area contributed by atoms with Crippen molar-refractivity contribution in [2.24, 2.45) is 5.92 Å². The topological polar surface area (TPSA) is 70.2 Å². The molecule has 1 fully saturated rings. The summed E-state index contributed by atoms with van der Waals surface area (Å²) in [6.45, 7) is 1.74. The second kappa shape index (κ2) is 6.91. The van der Waals surface area contributed by atoms with Crippen LogP contribution in [-0.2, 0) is 16.0 Å². The summed E-state index contributed by atoms with van der Waals surface area (Å²) in [7, 11) is 0. The fourth-order valence-electron chi connectivity index (χ4n) is 2.77. The van der Waals surface area contributed by atoms with Crippen LogP contribution in [0.15, 0.2) is 18.2 Å². The first-order valence-electron chi connectivity index (χ1n) is 7.17. The average Bonchev–Trinajstić information content (AvgIpc) is 2.47. The first-order valence-corrected chi connectivity index (χ1v) is 7.17. The summed E-state index contributed by atoms with van der Waals surface area (Å²) >= 11 is 0. The highest BCUT2D eigenvalue weighted by Gasteiger charge is 2.21. The quantitative estimate of drug-likeness (QED) is 0.782. The van der Waals surface area contributed by atoms with E-state index in [9.17, 15) is 9.59 Å². The third-order valence-corrected chi connectivity index (χ3v) is 3.94. The number of hydrogen-bond donors (Lipinski definition) is 3. The molecule has 1 atom stereocenters. The van der Waals surface area contributed by atoms with Crippen molar-refractivity contribution in [3.05, 3.63) is 23.8 Å². The van der Waals surface area contributed by atoms with Gasteiger partial charge in [-0.25, -0.2) is 0 Å². The van der Waals surface area contributed by atoms with Gasteiger partial charge in [0.25, 0.3) is 0 Å². The van der Waals surface area contributed by atoms with Crippen LogP contribution < -0.4 is 16.0 Å². The van der Waals surface area contributed by atoms with Crippen LogP contribution in [0.4, 0.5) is 11.4 Å². The molecule has 1 aromatic carbocycles. The van der Waals surface area contributed by atoms with Gasteiger partial charge in [0, 0.05) is 24.3 Å². The van der Waals surface area contributed by atoms with E-state index >= 15 is 0 Å². The van der Waals surface area contributed by atoms with Crippen LogP contribution in [0.2, 0.25) is 0 Å². The number of aryl methyl sites for hydroxylation is 1. The summed E-state index contributed by atoms with van der Waals surface area (Å²) < 4.78 is 0. The molecule has 2 amide bonds. The number of carbonyl (C=O) groups excluding carboxylic acids is 2. The summed E-state index contributed by atoms with van der Waals surface area (Å²) in [6, 6.07) is 5.73. The van der Waals surface area contributed by atoms with Crippen LogP contribution >= 0.6 is 12.4 Å². The van der Waals surface area contributed by atoms with E-state index < -0.39 is 0 Å². The number of carbonyl (C=O) groups is 2. The van der Waals surface area contributed by atoms with Gasteiger partial charge in [-0.2, -0.15) is 0 Å². The normalized spacial score (nSPS) is 20.8. The Morgan fingerprint density at radius 2 is 2.14 bits per heavy atom. The molecule has 0 radical (unpaired) electrons. The molecule has 1 unspecified atom stereocenters. The predicted molar refractivity (Wildman–Crippen MR) is 84.9 cm³/mol. The van der Waals surface area contributed by atoms with E-state index in [0.717, 1.165) is 49.3 Å². The highest BCUT2D eigenvalue weighted by atomic mass is 35.5. The third-order valence-electron chi connectivity index (χ3n) is 3.94. The maximum atomic E-state index is 12.2. The number of hydrogen-bond acceptors (Lipinski definition) is 3. The van der Waals surface area contributed by atoms with Crippen molar-refractivity contribution < 1.29 is 9.59 Å². The van der Waals surface area contributed by atoms with Crippen molar-refractivity contribution in [1.82, 2.24) is 5.32 Å². The molecule has 0 aromatic heterocycles. The Morgan fingerprint density at radius 1 is 1.29 bits per heavy atom. The van der Waals surface area contributed by atoms with Gasteiger partial charge in [-0.05, 0) is 43.5 Å². The van der Waals surface area contributed by atoms with Crippen LogP contribution in [-0.4, -0.2) is 24.9 Å². The minimum atomic E-state index is 0. The molecule has 2 aliphatic heterocycles. The second-order valence-corrected chi connectivity index (χ2v) is 5.45. The van der Waals surface area contributed by atoms with Crippen LogP contribution in [0, 0.1) is 5.92 Å². The van der Waals surface area contributed by atoms with Crippen LogP contribution in [0.25, 0.3) is 0 Å². The van der Waals surface area contributed by atoms with Gasteiger partial charge in [-0.1, -0.05) is 6.07 Å². The predicted octanol–water partition coefficient (Wildman–Crippen LogP) is 1.93. The first kappa shape index (κ1) is 15.8. The number of nitrogens with one attached hydrogen (secondary N) is 3. The zero-order valence-corrected chi connectivity index (χ0v) is 12.6. The molecule has 2 heterocycles. The highest BCUT2D eigenvalue weighted by molar-refractivity contribution is 5.97. The molecule has 0 saturated carbocycles. The standard InChI is InChI=1S/C15H19N3O2.ClH/c19-14-6-4-10-3-5-12(8-13(10)18-14)17-15(20)11-2-1-7-16-9-11;/h3,5,8,11,16H,1-2,4,6-7,9H2,(H,17,20)(H,18,19);1H. The van der Waals surface area contributed by atoms with Gasteiger partial charge >= 0.3 is 0 Å². The maximum absolute atomic E-state index is 12.2. The van der Waals surface area contributed by atoms with Crippen molar-refractivity contribution in [1.29, 1.82) is 0 Å². The number of amides is 2. The molecule has 5 nitrogen and oxygen atoms in total. The Labute approximate surface area is 130 Å². The van der Waals surface area contributed by atoms with Gasteiger partial charge in [0.15, 0.2) is 0 Å². The Balaban J connectivity index is 0.00000161. The molecule has 0 bridgehead atoms. The molecule has 0 aliphatic carbocycles. The van der Waals surface area contributed by atoms with Crippen molar-refractivity contribution in [2.75, 3.05) is 23.7 Å². The Kier molecular flexibility index (Phi) is 5.20. The maximum Gasteiger partial charge on any atom is 0.228 e. The van der Waals surface area contributed by atoms with Gasteiger partial charge in [-0.3, -0.25) is 9.59 Å². The molecule has 2 aliphatic rings. The summed E-state index contributed by atoms with van der Waals surface area (Å²) in [5.41, 5.74) is 2.70. The summed E-state index contributed by atoms with van der Waals surface area (Å²) in [6.07, 6.45) is 3.27. The number of piperidine rings is 1. The lowest BCUT2D eigenvalue weighted by atomic mass is 9.98. The molecule has 0 spiro atoms. The van der Waals surface area contributed by atoms with E-state index in [1.54, 1.807) is 0 Å². The van der Waals surface area contributed by atoms with E-state index in [0.29, 0.717) is 6.42 Å². The monoisotopic (exact) mass is 309 g/mol. The zero-order valence-electron chi connectivity index (χ0n) is 11.8. The van der Waals surface area contributed by atoms with E-state index in [2.05, 4.69) is 16.0 Å². The number of anilines is 2. The van der Waals surface area contributed by atoms with Crippen molar-refractivity contribution in [3.63, 3.8) is 0 Å². The van der Waals surface area contributed by atoms with E-state index in [1.165, 1.54) is 0 Å².